The van der Waals surface area contributed by atoms with Gasteiger partial charge in [0, 0.05) is 6.07 Å². The molecule has 0 radical (unpaired) electrons. The van der Waals surface area contributed by atoms with Gasteiger partial charge in [-0.1, -0.05) is 46.8 Å². The molecule has 0 bridgehead atoms. The molecule has 28 heavy (non-hydrogen) atoms. The summed E-state index contributed by atoms with van der Waals surface area (Å²) in [7, 11) is 0. The number of nitrogens with one attached hydrogen (secondary N) is 2. The zero-order valence-corrected chi connectivity index (χ0v) is 17.3. The second-order valence-electron chi connectivity index (χ2n) is 6.11. The number of carbonyl (C=O) groups excluding carboxylic acids is 2. The summed E-state index contributed by atoms with van der Waals surface area (Å²) in [6.07, 6.45) is 0. The number of benzene rings is 1. The minimum atomic E-state index is -0.416. The van der Waals surface area contributed by atoms with Crippen LogP contribution in [0.5, 0.6) is 0 Å². The SMILES string of the molecule is Cc1cc(NC(=O)C(C)SCC(=O)Nc2nc(C)c(-c3ccccc3)s2)no1. The van der Waals surface area contributed by atoms with Crippen LogP contribution in [0.3, 0.4) is 0 Å². The highest BCUT2D eigenvalue weighted by Gasteiger charge is 2.18. The van der Waals surface area contributed by atoms with Crippen LogP contribution in [0.2, 0.25) is 0 Å². The van der Waals surface area contributed by atoms with Gasteiger partial charge in [-0.2, -0.15) is 0 Å². The fraction of sp³-hybridized carbons (Fsp3) is 0.263. The Morgan fingerprint density at radius 2 is 1.96 bits per heavy atom. The lowest BCUT2D eigenvalue weighted by Gasteiger charge is -2.09. The first-order valence-electron chi connectivity index (χ1n) is 8.61. The van der Waals surface area contributed by atoms with Gasteiger partial charge < -0.3 is 15.2 Å². The normalized spacial score (nSPS) is 11.8. The monoisotopic (exact) mass is 416 g/mol. The quantitative estimate of drug-likeness (QED) is 0.601. The number of rotatable bonds is 7. The van der Waals surface area contributed by atoms with Crippen LogP contribution >= 0.6 is 23.1 Å². The van der Waals surface area contributed by atoms with Crippen molar-refractivity contribution in [2.45, 2.75) is 26.0 Å². The second kappa shape index (κ2) is 9.03. The van der Waals surface area contributed by atoms with E-state index in [1.54, 1.807) is 19.9 Å². The largest absolute Gasteiger partial charge is 0.360 e. The Balaban J connectivity index is 1.51. The van der Waals surface area contributed by atoms with Crippen LogP contribution in [0.25, 0.3) is 10.4 Å². The first kappa shape index (κ1) is 20.1. The van der Waals surface area contributed by atoms with E-state index in [9.17, 15) is 9.59 Å². The van der Waals surface area contributed by atoms with Gasteiger partial charge in [-0.25, -0.2) is 4.98 Å². The van der Waals surface area contributed by atoms with Gasteiger partial charge in [0.25, 0.3) is 0 Å². The molecule has 7 nitrogen and oxygen atoms in total. The van der Waals surface area contributed by atoms with Gasteiger partial charge in [0.2, 0.25) is 11.8 Å². The van der Waals surface area contributed by atoms with Gasteiger partial charge >= 0.3 is 0 Å². The van der Waals surface area contributed by atoms with Crippen LogP contribution < -0.4 is 10.6 Å². The highest BCUT2D eigenvalue weighted by molar-refractivity contribution is 8.01. The number of hydrogen-bond donors (Lipinski definition) is 2. The summed E-state index contributed by atoms with van der Waals surface area (Å²) in [5.41, 5.74) is 1.94. The maximum absolute atomic E-state index is 12.2. The molecule has 0 saturated heterocycles. The molecule has 2 aromatic heterocycles. The molecule has 146 valence electrons. The first-order valence-corrected chi connectivity index (χ1v) is 10.5. The maximum atomic E-state index is 12.2. The van der Waals surface area contributed by atoms with E-state index < -0.39 is 5.25 Å². The number of aryl methyl sites for hydroxylation is 2. The molecule has 2 amide bonds. The molecule has 0 fully saturated rings. The number of thiazole rings is 1. The highest BCUT2D eigenvalue weighted by atomic mass is 32.2. The Hall–Kier alpha value is -2.65. The molecule has 2 N–H and O–H groups in total. The van der Waals surface area contributed by atoms with Gasteiger partial charge in [0.1, 0.15) is 5.76 Å². The van der Waals surface area contributed by atoms with Gasteiger partial charge in [-0.05, 0) is 26.3 Å². The molecule has 0 aliphatic rings. The predicted molar refractivity (Wildman–Crippen MR) is 113 cm³/mol. The average molecular weight is 417 g/mol. The van der Waals surface area contributed by atoms with Crippen molar-refractivity contribution in [3.8, 4) is 10.4 Å². The summed E-state index contributed by atoms with van der Waals surface area (Å²) >= 11 is 2.67. The van der Waals surface area contributed by atoms with Crippen LogP contribution in [0, 0.1) is 13.8 Å². The van der Waals surface area contributed by atoms with Crippen LogP contribution in [0.1, 0.15) is 18.4 Å². The number of anilines is 2. The zero-order chi connectivity index (χ0) is 20.1. The number of carbonyl (C=O) groups is 2. The van der Waals surface area contributed by atoms with E-state index in [2.05, 4.69) is 20.8 Å². The van der Waals surface area contributed by atoms with Crippen molar-refractivity contribution in [1.29, 1.82) is 0 Å². The first-order chi connectivity index (χ1) is 13.4. The molecule has 0 saturated carbocycles. The average Bonchev–Trinajstić information content (AvgIpc) is 3.25. The molecule has 0 aliphatic heterocycles. The number of thioether (sulfide) groups is 1. The molecule has 9 heteroatoms. The summed E-state index contributed by atoms with van der Waals surface area (Å²) in [6.45, 7) is 5.40. The van der Waals surface area contributed by atoms with E-state index in [1.807, 2.05) is 37.3 Å². The van der Waals surface area contributed by atoms with Crippen LogP contribution in [-0.4, -0.2) is 33.0 Å². The van der Waals surface area contributed by atoms with Crippen LogP contribution in [0.15, 0.2) is 40.9 Å². The fourth-order valence-corrected chi connectivity index (χ4v) is 4.06. The lowest BCUT2D eigenvalue weighted by atomic mass is 10.2. The zero-order valence-electron chi connectivity index (χ0n) is 15.7. The third kappa shape index (κ3) is 5.20. The smallest absolute Gasteiger partial charge is 0.238 e. The van der Waals surface area contributed by atoms with Crippen molar-refractivity contribution in [3.05, 3.63) is 47.9 Å². The van der Waals surface area contributed by atoms with E-state index >= 15 is 0 Å². The van der Waals surface area contributed by atoms with E-state index in [4.69, 9.17) is 4.52 Å². The lowest BCUT2D eigenvalue weighted by molar-refractivity contribution is -0.115. The Bertz CT molecular complexity index is 969. The van der Waals surface area contributed by atoms with Gasteiger partial charge in [-0.3, -0.25) is 9.59 Å². The highest BCUT2D eigenvalue weighted by Crippen LogP contribution is 2.32. The minimum Gasteiger partial charge on any atom is -0.360 e. The summed E-state index contributed by atoms with van der Waals surface area (Å²) < 4.78 is 4.91. The van der Waals surface area contributed by atoms with Crippen molar-refractivity contribution in [1.82, 2.24) is 10.1 Å². The molecule has 3 aromatic rings. The third-order valence-electron chi connectivity index (χ3n) is 3.79. The van der Waals surface area contributed by atoms with Crippen molar-refractivity contribution in [3.63, 3.8) is 0 Å². The number of hydrogen-bond acceptors (Lipinski definition) is 7. The maximum Gasteiger partial charge on any atom is 0.238 e. The summed E-state index contributed by atoms with van der Waals surface area (Å²) in [6, 6.07) is 11.6. The van der Waals surface area contributed by atoms with E-state index in [0.29, 0.717) is 16.7 Å². The predicted octanol–water partition coefficient (Wildman–Crippen LogP) is 4.11. The van der Waals surface area contributed by atoms with Crippen molar-refractivity contribution < 1.29 is 14.1 Å². The molecular formula is C19H20N4O3S2. The standard InChI is InChI=1S/C19H20N4O3S2/c1-11-9-15(23-26-11)21-18(25)13(3)27-10-16(24)22-19-20-12(2)17(28-19)14-7-5-4-6-8-14/h4-9,13H,10H2,1-3H3,(H,20,22,24)(H,21,23,25). The Labute approximate surface area is 170 Å². The molecule has 3 rings (SSSR count). The Kier molecular flexibility index (Phi) is 6.48. The van der Waals surface area contributed by atoms with Gasteiger partial charge in [0.15, 0.2) is 10.9 Å². The molecular weight excluding hydrogens is 396 g/mol. The number of nitrogens with zero attached hydrogens (tertiary/aromatic N) is 2. The molecule has 1 atom stereocenters. The lowest BCUT2D eigenvalue weighted by Crippen LogP contribution is -2.25. The molecule has 0 spiro atoms. The minimum absolute atomic E-state index is 0.145. The second-order valence-corrected chi connectivity index (χ2v) is 8.44. The topological polar surface area (TPSA) is 97.1 Å². The summed E-state index contributed by atoms with van der Waals surface area (Å²) in [5.74, 6) is 0.693. The van der Waals surface area contributed by atoms with Crippen molar-refractivity contribution >= 4 is 45.9 Å². The Morgan fingerprint density at radius 3 is 2.64 bits per heavy atom. The van der Waals surface area contributed by atoms with Gasteiger partial charge in [-0.15, -0.1) is 11.8 Å². The van der Waals surface area contributed by atoms with Crippen LogP contribution in [0.4, 0.5) is 10.9 Å². The van der Waals surface area contributed by atoms with Gasteiger partial charge in [0.05, 0.1) is 21.6 Å². The molecule has 0 aliphatic carbocycles. The fourth-order valence-electron chi connectivity index (χ4n) is 2.39. The van der Waals surface area contributed by atoms with Crippen molar-refractivity contribution in [2.75, 3.05) is 16.4 Å². The van der Waals surface area contributed by atoms with Crippen molar-refractivity contribution in [2.24, 2.45) is 0 Å². The molecule has 1 unspecified atom stereocenters. The van der Waals surface area contributed by atoms with E-state index in [0.717, 1.165) is 16.1 Å². The number of aromatic nitrogens is 2. The molecule has 2 heterocycles. The third-order valence-corrected chi connectivity index (χ3v) is 6.06. The summed E-state index contributed by atoms with van der Waals surface area (Å²) in [5, 5.41) is 9.33. The Morgan fingerprint density at radius 1 is 1.21 bits per heavy atom. The van der Waals surface area contributed by atoms with E-state index in [-0.39, 0.29) is 17.6 Å². The number of amides is 2. The van der Waals surface area contributed by atoms with E-state index in [1.165, 1.54) is 23.1 Å². The summed E-state index contributed by atoms with van der Waals surface area (Å²) in [4.78, 5) is 29.8. The van der Waals surface area contributed by atoms with Crippen LogP contribution in [-0.2, 0) is 9.59 Å². The molecule has 1 aromatic carbocycles.